The van der Waals surface area contributed by atoms with E-state index >= 15 is 0 Å². The Labute approximate surface area is 142 Å². The summed E-state index contributed by atoms with van der Waals surface area (Å²) in [6.07, 6.45) is 0.167. The zero-order valence-electron chi connectivity index (χ0n) is 13.8. The van der Waals surface area contributed by atoms with Gasteiger partial charge in [-0.05, 0) is 55.7 Å². The largest absolute Gasteiger partial charge is 0.481 e. The first kappa shape index (κ1) is 18.0. The maximum atomic E-state index is 13.0. The van der Waals surface area contributed by atoms with E-state index in [1.54, 1.807) is 42.5 Å². The van der Waals surface area contributed by atoms with Crippen LogP contribution in [-0.4, -0.2) is 26.0 Å². The first-order valence-corrected chi connectivity index (χ1v) is 9.12. The van der Waals surface area contributed by atoms with E-state index in [9.17, 15) is 13.2 Å². The Balaban J connectivity index is 2.44. The maximum absolute atomic E-state index is 13.0. The highest BCUT2D eigenvalue weighted by molar-refractivity contribution is 7.92. The molecule has 0 aliphatic heterocycles. The highest BCUT2D eigenvalue weighted by atomic mass is 32.2. The molecule has 24 heavy (non-hydrogen) atoms. The second kappa shape index (κ2) is 7.49. The number of carbonyl (C=O) groups is 1. The van der Waals surface area contributed by atoms with E-state index < -0.39 is 16.0 Å². The molecule has 0 heterocycles. The van der Waals surface area contributed by atoms with Crippen LogP contribution in [0.4, 0.5) is 5.69 Å². The van der Waals surface area contributed by atoms with E-state index in [0.717, 1.165) is 11.1 Å². The number of benzene rings is 2. The van der Waals surface area contributed by atoms with Gasteiger partial charge in [0.1, 0.15) is 0 Å². The van der Waals surface area contributed by atoms with Crippen molar-refractivity contribution in [1.29, 1.82) is 0 Å². The Morgan fingerprint density at radius 1 is 1.04 bits per heavy atom. The number of aryl methyl sites for hydroxylation is 2. The van der Waals surface area contributed by atoms with Crippen LogP contribution in [0.1, 0.15) is 24.0 Å². The van der Waals surface area contributed by atoms with Crippen LogP contribution < -0.4 is 4.31 Å². The first-order chi connectivity index (χ1) is 11.3. The average molecular weight is 347 g/mol. The lowest BCUT2D eigenvalue weighted by molar-refractivity contribution is -0.137. The Morgan fingerprint density at radius 2 is 1.62 bits per heavy atom. The number of carboxylic acid groups (broad SMARTS) is 1. The molecule has 0 aliphatic carbocycles. The number of carboxylic acids is 1. The van der Waals surface area contributed by atoms with Crippen molar-refractivity contribution in [3.05, 3.63) is 59.7 Å². The Morgan fingerprint density at radius 3 is 2.17 bits per heavy atom. The second-order valence-corrected chi connectivity index (χ2v) is 7.60. The van der Waals surface area contributed by atoms with Crippen molar-refractivity contribution in [3.8, 4) is 0 Å². The molecule has 0 saturated carbocycles. The summed E-state index contributed by atoms with van der Waals surface area (Å²) in [5.41, 5.74) is 2.47. The molecule has 2 aromatic rings. The van der Waals surface area contributed by atoms with Crippen molar-refractivity contribution < 1.29 is 18.3 Å². The molecule has 2 aromatic carbocycles. The fourth-order valence-corrected chi connectivity index (χ4v) is 4.08. The standard InChI is InChI=1S/C18H21NO4S/c1-14-11-15(2)13-16(12-14)19(10-6-9-18(20)21)24(22,23)17-7-4-3-5-8-17/h3-5,7-8,11-13H,6,9-10H2,1-2H3,(H,20,21). The molecule has 0 fully saturated rings. The van der Waals surface area contributed by atoms with E-state index in [1.807, 2.05) is 19.9 Å². The van der Waals surface area contributed by atoms with Crippen LogP contribution in [0.25, 0.3) is 0 Å². The summed E-state index contributed by atoms with van der Waals surface area (Å²) in [5, 5.41) is 8.84. The second-order valence-electron chi connectivity index (χ2n) is 5.73. The molecule has 0 bridgehead atoms. The molecular formula is C18H21NO4S. The molecule has 5 nitrogen and oxygen atoms in total. The zero-order chi connectivity index (χ0) is 17.7. The van der Waals surface area contributed by atoms with E-state index in [-0.39, 0.29) is 24.3 Å². The fraction of sp³-hybridized carbons (Fsp3) is 0.278. The van der Waals surface area contributed by atoms with Crippen molar-refractivity contribution >= 4 is 21.7 Å². The van der Waals surface area contributed by atoms with Crippen LogP contribution in [0, 0.1) is 13.8 Å². The quantitative estimate of drug-likeness (QED) is 0.833. The highest BCUT2D eigenvalue weighted by Gasteiger charge is 2.25. The lowest BCUT2D eigenvalue weighted by Gasteiger charge is -2.25. The van der Waals surface area contributed by atoms with Crippen molar-refractivity contribution in [2.45, 2.75) is 31.6 Å². The van der Waals surface area contributed by atoms with Crippen molar-refractivity contribution in [2.75, 3.05) is 10.8 Å². The van der Waals surface area contributed by atoms with Crippen LogP contribution in [0.2, 0.25) is 0 Å². The molecule has 0 aromatic heterocycles. The number of anilines is 1. The summed E-state index contributed by atoms with van der Waals surface area (Å²) in [6, 6.07) is 13.7. The number of sulfonamides is 1. The minimum absolute atomic E-state index is 0.0778. The lowest BCUT2D eigenvalue weighted by Crippen LogP contribution is -2.32. The summed E-state index contributed by atoms with van der Waals surface area (Å²) < 4.78 is 27.3. The third kappa shape index (κ3) is 4.35. The molecule has 2 rings (SSSR count). The Kier molecular flexibility index (Phi) is 5.62. The normalized spacial score (nSPS) is 11.2. The summed E-state index contributed by atoms with van der Waals surface area (Å²) in [7, 11) is -3.75. The van der Waals surface area contributed by atoms with Gasteiger partial charge < -0.3 is 5.11 Å². The van der Waals surface area contributed by atoms with Gasteiger partial charge >= 0.3 is 5.97 Å². The molecule has 0 atom stereocenters. The Bertz CT molecular complexity index is 796. The summed E-state index contributed by atoms with van der Waals surface area (Å²) in [4.78, 5) is 11.0. The lowest BCUT2D eigenvalue weighted by atomic mass is 10.1. The maximum Gasteiger partial charge on any atom is 0.303 e. The SMILES string of the molecule is Cc1cc(C)cc(N(CCCC(=O)O)S(=O)(=O)c2ccccc2)c1. The van der Waals surface area contributed by atoms with E-state index in [1.165, 1.54) is 4.31 Å². The Hall–Kier alpha value is -2.34. The smallest absolute Gasteiger partial charge is 0.303 e. The van der Waals surface area contributed by atoms with Gasteiger partial charge in [0.05, 0.1) is 10.6 Å². The van der Waals surface area contributed by atoms with Gasteiger partial charge in [-0.15, -0.1) is 0 Å². The summed E-state index contributed by atoms with van der Waals surface area (Å²) in [6.45, 7) is 3.93. The summed E-state index contributed by atoms with van der Waals surface area (Å²) in [5.74, 6) is -0.938. The van der Waals surface area contributed by atoms with Crippen molar-refractivity contribution in [2.24, 2.45) is 0 Å². The molecule has 0 unspecified atom stereocenters. The molecule has 0 saturated heterocycles. The summed E-state index contributed by atoms with van der Waals surface area (Å²) >= 11 is 0. The average Bonchev–Trinajstić information content (AvgIpc) is 2.51. The van der Waals surface area contributed by atoms with Gasteiger partial charge in [-0.3, -0.25) is 9.10 Å². The molecule has 0 spiro atoms. The molecule has 0 radical (unpaired) electrons. The molecule has 0 amide bonds. The van der Waals surface area contributed by atoms with Gasteiger partial charge in [0.15, 0.2) is 0 Å². The van der Waals surface area contributed by atoms with E-state index in [2.05, 4.69) is 0 Å². The minimum Gasteiger partial charge on any atom is -0.481 e. The van der Waals surface area contributed by atoms with Crippen molar-refractivity contribution in [3.63, 3.8) is 0 Å². The molecular weight excluding hydrogens is 326 g/mol. The topological polar surface area (TPSA) is 74.7 Å². The third-order valence-electron chi connectivity index (χ3n) is 3.58. The number of aliphatic carboxylic acids is 1. The number of hydrogen-bond donors (Lipinski definition) is 1. The zero-order valence-corrected chi connectivity index (χ0v) is 14.6. The van der Waals surface area contributed by atoms with Crippen LogP contribution in [-0.2, 0) is 14.8 Å². The van der Waals surface area contributed by atoms with Crippen LogP contribution in [0.15, 0.2) is 53.4 Å². The van der Waals surface area contributed by atoms with Gasteiger partial charge in [-0.2, -0.15) is 0 Å². The highest BCUT2D eigenvalue weighted by Crippen LogP contribution is 2.26. The molecule has 128 valence electrons. The number of hydrogen-bond acceptors (Lipinski definition) is 3. The third-order valence-corrected chi connectivity index (χ3v) is 5.42. The van der Waals surface area contributed by atoms with E-state index in [4.69, 9.17) is 5.11 Å². The van der Waals surface area contributed by atoms with Gasteiger partial charge in [-0.25, -0.2) is 8.42 Å². The molecule has 6 heteroatoms. The predicted molar refractivity (Wildman–Crippen MR) is 93.8 cm³/mol. The minimum atomic E-state index is -3.75. The van der Waals surface area contributed by atoms with E-state index in [0.29, 0.717) is 5.69 Å². The van der Waals surface area contributed by atoms with Crippen LogP contribution in [0.5, 0.6) is 0 Å². The predicted octanol–water partition coefficient (Wildman–Crippen LogP) is 3.36. The van der Waals surface area contributed by atoms with Crippen LogP contribution >= 0.6 is 0 Å². The van der Waals surface area contributed by atoms with Gasteiger partial charge in [0.2, 0.25) is 0 Å². The van der Waals surface area contributed by atoms with Crippen molar-refractivity contribution in [1.82, 2.24) is 0 Å². The molecule has 1 N–H and O–H groups in total. The number of rotatable bonds is 7. The monoisotopic (exact) mass is 347 g/mol. The molecule has 0 aliphatic rings. The first-order valence-electron chi connectivity index (χ1n) is 7.68. The number of nitrogens with zero attached hydrogens (tertiary/aromatic N) is 1. The fourth-order valence-electron chi connectivity index (χ4n) is 2.58. The van der Waals surface area contributed by atoms with Gasteiger partial charge in [-0.1, -0.05) is 24.3 Å². The van der Waals surface area contributed by atoms with Gasteiger partial charge in [0.25, 0.3) is 10.0 Å². The van der Waals surface area contributed by atoms with Gasteiger partial charge in [0, 0.05) is 13.0 Å². The van der Waals surface area contributed by atoms with Crippen LogP contribution in [0.3, 0.4) is 0 Å².